The number of nitrogens with one attached hydrogen (secondary N) is 1. The van der Waals surface area contributed by atoms with Crippen LogP contribution in [0.5, 0.6) is 0 Å². The SMILES string of the molecule is CCSc1ccccc1C(=O)Nc1nc(-c2ccncc2)cs1. The first-order chi connectivity index (χ1) is 11.3. The molecule has 0 aliphatic carbocycles. The van der Waals surface area contributed by atoms with E-state index >= 15 is 0 Å². The van der Waals surface area contributed by atoms with Gasteiger partial charge in [-0.25, -0.2) is 4.98 Å². The second kappa shape index (κ2) is 7.39. The Morgan fingerprint density at radius 3 is 2.78 bits per heavy atom. The van der Waals surface area contributed by atoms with Crippen LogP contribution in [0.1, 0.15) is 17.3 Å². The predicted molar refractivity (Wildman–Crippen MR) is 96.1 cm³/mol. The summed E-state index contributed by atoms with van der Waals surface area (Å²) in [4.78, 5) is 21.9. The maximum Gasteiger partial charge on any atom is 0.258 e. The number of hydrogen-bond donors (Lipinski definition) is 1. The fourth-order valence-corrected chi connectivity index (χ4v) is 3.60. The van der Waals surface area contributed by atoms with Gasteiger partial charge in [-0.05, 0) is 30.0 Å². The third-order valence-corrected chi connectivity index (χ3v) is 4.85. The van der Waals surface area contributed by atoms with Crippen LogP contribution in [0.15, 0.2) is 59.1 Å². The van der Waals surface area contributed by atoms with E-state index in [-0.39, 0.29) is 5.91 Å². The summed E-state index contributed by atoms with van der Waals surface area (Å²) in [5.74, 6) is 0.797. The minimum atomic E-state index is -0.128. The number of carbonyl (C=O) groups excluding carboxylic acids is 1. The van der Waals surface area contributed by atoms with E-state index in [0.717, 1.165) is 21.9 Å². The minimum absolute atomic E-state index is 0.128. The molecule has 0 saturated carbocycles. The highest BCUT2D eigenvalue weighted by Crippen LogP contribution is 2.26. The molecular weight excluding hydrogens is 326 g/mol. The van der Waals surface area contributed by atoms with Crippen molar-refractivity contribution >= 4 is 34.1 Å². The van der Waals surface area contributed by atoms with Crippen LogP contribution in [-0.2, 0) is 0 Å². The second-order valence-electron chi connectivity index (χ2n) is 4.66. The maximum atomic E-state index is 12.5. The summed E-state index contributed by atoms with van der Waals surface area (Å²) >= 11 is 3.07. The summed E-state index contributed by atoms with van der Waals surface area (Å²) in [7, 11) is 0. The van der Waals surface area contributed by atoms with E-state index in [1.165, 1.54) is 11.3 Å². The zero-order chi connectivity index (χ0) is 16.1. The van der Waals surface area contributed by atoms with Crippen molar-refractivity contribution in [2.24, 2.45) is 0 Å². The zero-order valence-corrected chi connectivity index (χ0v) is 14.2. The normalized spacial score (nSPS) is 10.5. The molecule has 3 rings (SSSR count). The predicted octanol–water partition coefficient (Wildman–Crippen LogP) is 4.57. The summed E-state index contributed by atoms with van der Waals surface area (Å²) in [6.45, 7) is 2.07. The van der Waals surface area contributed by atoms with Crippen molar-refractivity contribution in [1.82, 2.24) is 9.97 Å². The Morgan fingerprint density at radius 1 is 1.22 bits per heavy atom. The van der Waals surface area contributed by atoms with Gasteiger partial charge in [0, 0.05) is 28.2 Å². The van der Waals surface area contributed by atoms with Gasteiger partial charge in [-0.15, -0.1) is 23.1 Å². The summed E-state index contributed by atoms with van der Waals surface area (Å²) in [6, 6.07) is 11.4. The van der Waals surface area contributed by atoms with E-state index in [1.54, 1.807) is 24.2 Å². The second-order valence-corrected chi connectivity index (χ2v) is 6.82. The topological polar surface area (TPSA) is 54.9 Å². The van der Waals surface area contributed by atoms with Gasteiger partial charge in [0.25, 0.3) is 5.91 Å². The molecule has 0 fully saturated rings. The van der Waals surface area contributed by atoms with Crippen LogP contribution in [0.25, 0.3) is 11.3 Å². The minimum Gasteiger partial charge on any atom is -0.298 e. The molecule has 0 saturated heterocycles. The highest BCUT2D eigenvalue weighted by Gasteiger charge is 2.13. The van der Waals surface area contributed by atoms with E-state index in [0.29, 0.717) is 10.7 Å². The van der Waals surface area contributed by atoms with Gasteiger partial charge < -0.3 is 0 Å². The Bertz CT molecular complexity index is 802. The summed E-state index contributed by atoms with van der Waals surface area (Å²) in [5, 5.41) is 5.41. The van der Waals surface area contributed by atoms with Crippen molar-refractivity contribution < 1.29 is 4.79 Å². The average Bonchev–Trinajstić information content (AvgIpc) is 3.05. The summed E-state index contributed by atoms with van der Waals surface area (Å²) < 4.78 is 0. The summed E-state index contributed by atoms with van der Waals surface area (Å²) in [5.41, 5.74) is 2.50. The highest BCUT2D eigenvalue weighted by molar-refractivity contribution is 7.99. The molecule has 0 bridgehead atoms. The van der Waals surface area contributed by atoms with E-state index in [2.05, 4.69) is 22.2 Å². The molecule has 1 N–H and O–H groups in total. The van der Waals surface area contributed by atoms with Crippen molar-refractivity contribution in [3.8, 4) is 11.3 Å². The number of rotatable bonds is 5. The Hall–Kier alpha value is -2.18. The number of benzene rings is 1. The van der Waals surface area contributed by atoms with E-state index in [4.69, 9.17) is 0 Å². The number of nitrogens with zero attached hydrogens (tertiary/aromatic N) is 2. The number of hydrogen-bond acceptors (Lipinski definition) is 5. The van der Waals surface area contributed by atoms with Gasteiger partial charge in [-0.2, -0.15) is 0 Å². The van der Waals surface area contributed by atoms with Crippen LogP contribution in [0.4, 0.5) is 5.13 Å². The van der Waals surface area contributed by atoms with E-state index in [9.17, 15) is 4.79 Å². The van der Waals surface area contributed by atoms with Crippen molar-refractivity contribution in [2.75, 3.05) is 11.1 Å². The largest absolute Gasteiger partial charge is 0.298 e. The van der Waals surface area contributed by atoms with Gasteiger partial charge in [-0.1, -0.05) is 19.1 Å². The number of thioether (sulfide) groups is 1. The Labute approximate surface area is 143 Å². The van der Waals surface area contributed by atoms with Gasteiger partial charge in [0.2, 0.25) is 0 Å². The van der Waals surface area contributed by atoms with Crippen molar-refractivity contribution in [2.45, 2.75) is 11.8 Å². The lowest BCUT2D eigenvalue weighted by molar-refractivity contribution is 0.102. The number of carbonyl (C=O) groups is 1. The molecule has 116 valence electrons. The molecule has 0 unspecified atom stereocenters. The monoisotopic (exact) mass is 341 g/mol. The smallest absolute Gasteiger partial charge is 0.258 e. The first-order valence-electron chi connectivity index (χ1n) is 7.17. The fraction of sp³-hybridized carbons (Fsp3) is 0.118. The number of anilines is 1. The molecule has 1 amide bonds. The van der Waals surface area contributed by atoms with Crippen molar-refractivity contribution in [3.05, 3.63) is 59.7 Å². The molecule has 2 heterocycles. The molecule has 6 heteroatoms. The molecule has 3 aromatic rings. The molecule has 0 aliphatic rings. The lowest BCUT2D eigenvalue weighted by Crippen LogP contribution is -2.12. The highest BCUT2D eigenvalue weighted by atomic mass is 32.2. The van der Waals surface area contributed by atoms with Crippen molar-refractivity contribution in [3.63, 3.8) is 0 Å². The quantitative estimate of drug-likeness (QED) is 0.691. The summed E-state index contributed by atoms with van der Waals surface area (Å²) in [6.07, 6.45) is 3.45. The standard InChI is InChI=1S/C17H15N3OS2/c1-2-22-15-6-4-3-5-13(15)16(21)20-17-19-14(11-23-17)12-7-9-18-10-8-12/h3-11H,2H2,1H3,(H,19,20,21). The third-order valence-electron chi connectivity index (χ3n) is 3.13. The molecular formula is C17H15N3OS2. The Kier molecular flexibility index (Phi) is 5.05. The third kappa shape index (κ3) is 3.78. The fourth-order valence-electron chi connectivity index (χ4n) is 2.09. The number of pyridine rings is 1. The van der Waals surface area contributed by atoms with E-state index < -0.39 is 0 Å². The van der Waals surface area contributed by atoms with Crippen LogP contribution in [0, 0.1) is 0 Å². The van der Waals surface area contributed by atoms with Gasteiger partial charge in [0.15, 0.2) is 5.13 Å². The molecule has 4 nitrogen and oxygen atoms in total. The van der Waals surface area contributed by atoms with Gasteiger partial charge in [0.05, 0.1) is 11.3 Å². The molecule has 0 aliphatic heterocycles. The maximum absolute atomic E-state index is 12.5. The molecule has 2 aromatic heterocycles. The lowest BCUT2D eigenvalue weighted by atomic mass is 10.2. The van der Waals surface area contributed by atoms with Crippen LogP contribution in [0.2, 0.25) is 0 Å². The molecule has 0 atom stereocenters. The number of aromatic nitrogens is 2. The first-order valence-corrected chi connectivity index (χ1v) is 9.03. The van der Waals surface area contributed by atoms with Crippen LogP contribution < -0.4 is 5.32 Å². The van der Waals surface area contributed by atoms with Crippen LogP contribution in [0.3, 0.4) is 0 Å². The molecule has 1 aromatic carbocycles. The zero-order valence-electron chi connectivity index (χ0n) is 12.5. The Morgan fingerprint density at radius 2 is 2.00 bits per heavy atom. The van der Waals surface area contributed by atoms with E-state index in [1.807, 2.05) is 41.8 Å². The van der Waals surface area contributed by atoms with Crippen molar-refractivity contribution in [1.29, 1.82) is 0 Å². The van der Waals surface area contributed by atoms with Gasteiger partial charge in [-0.3, -0.25) is 15.1 Å². The van der Waals surface area contributed by atoms with Crippen LogP contribution >= 0.6 is 23.1 Å². The first kappa shape index (κ1) is 15.7. The molecule has 0 radical (unpaired) electrons. The lowest BCUT2D eigenvalue weighted by Gasteiger charge is -2.07. The molecule has 0 spiro atoms. The van der Waals surface area contributed by atoms with Crippen LogP contribution in [-0.4, -0.2) is 21.6 Å². The molecule has 23 heavy (non-hydrogen) atoms. The average molecular weight is 341 g/mol. The number of thiazole rings is 1. The van der Waals surface area contributed by atoms with Gasteiger partial charge in [0.1, 0.15) is 0 Å². The van der Waals surface area contributed by atoms with Gasteiger partial charge >= 0.3 is 0 Å². The number of amides is 1. The Balaban J connectivity index is 1.78.